The SMILES string of the molecule is O=C(Nc1ccccc1F)N1Cc2ccccc2-n2cccc2[C@@H]1c1ccccc1Cl. The van der Waals surface area contributed by atoms with Gasteiger partial charge < -0.3 is 14.8 Å². The van der Waals surface area contributed by atoms with Crippen LogP contribution in [0.15, 0.2) is 91.1 Å². The van der Waals surface area contributed by atoms with Gasteiger partial charge in [-0.1, -0.05) is 60.1 Å². The van der Waals surface area contributed by atoms with Crippen molar-refractivity contribution in [3.05, 3.63) is 119 Å². The van der Waals surface area contributed by atoms with Gasteiger partial charge in [-0.3, -0.25) is 0 Å². The summed E-state index contributed by atoms with van der Waals surface area (Å²) >= 11 is 6.58. The van der Waals surface area contributed by atoms with Crippen LogP contribution in [0, 0.1) is 5.82 Å². The Hall–Kier alpha value is -3.57. The summed E-state index contributed by atoms with van der Waals surface area (Å²) in [5.74, 6) is -0.483. The molecule has 1 N–H and O–H groups in total. The molecular weight excluding hydrogens is 413 g/mol. The molecule has 0 aliphatic carbocycles. The third kappa shape index (κ3) is 3.47. The zero-order chi connectivity index (χ0) is 21.4. The zero-order valence-corrected chi connectivity index (χ0v) is 17.3. The summed E-state index contributed by atoms with van der Waals surface area (Å²) in [5, 5.41) is 3.31. The van der Waals surface area contributed by atoms with Crippen LogP contribution in [-0.2, 0) is 6.54 Å². The number of fused-ring (bicyclic) bond motifs is 3. The molecule has 0 fully saturated rings. The van der Waals surface area contributed by atoms with Crippen LogP contribution in [0.5, 0.6) is 0 Å². The Kier molecular flexibility index (Phi) is 4.96. The Labute approximate surface area is 184 Å². The lowest BCUT2D eigenvalue weighted by atomic mass is 10.0. The number of rotatable bonds is 2. The third-order valence-corrected chi connectivity index (χ3v) is 5.88. The fraction of sp³-hybridized carbons (Fsp3) is 0.0800. The summed E-state index contributed by atoms with van der Waals surface area (Å²) < 4.78 is 16.3. The Balaban J connectivity index is 1.66. The molecule has 0 spiro atoms. The maximum atomic E-state index is 14.3. The van der Waals surface area contributed by atoms with Gasteiger partial charge in [0.25, 0.3) is 0 Å². The fourth-order valence-corrected chi connectivity index (χ4v) is 4.35. The van der Waals surface area contributed by atoms with E-state index in [1.807, 2.05) is 66.9 Å². The first-order chi connectivity index (χ1) is 15.1. The Bertz CT molecular complexity index is 1270. The number of carbonyl (C=O) groups is 1. The van der Waals surface area contributed by atoms with Crippen LogP contribution < -0.4 is 5.32 Å². The molecule has 2 amide bonds. The number of para-hydroxylation sites is 2. The number of urea groups is 1. The molecular formula is C25H19ClFN3O. The first-order valence-electron chi connectivity index (χ1n) is 9.95. The molecule has 0 saturated carbocycles. The minimum atomic E-state index is -0.483. The van der Waals surface area contributed by atoms with Crippen molar-refractivity contribution in [1.29, 1.82) is 0 Å². The van der Waals surface area contributed by atoms with Crippen LogP contribution in [0.2, 0.25) is 5.02 Å². The predicted octanol–water partition coefficient (Wildman–Crippen LogP) is 6.41. The Morgan fingerprint density at radius 2 is 1.68 bits per heavy atom. The van der Waals surface area contributed by atoms with Gasteiger partial charge in [0.1, 0.15) is 11.9 Å². The van der Waals surface area contributed by atoms with E-state index in [0.717, 1.165) is 22.5 Å². The van der Waals surface area contributed by atoms with E-state index in [2.05, 4.69) is 9.88 Å². The van der Waals surface area contributed by atoms with Crippen molar-refractivity contribution in [3.8, 4) is 5.69 Å². The number of nitrogens with one attached hydrogen (secondary N) is 1. The standard InChI is InChI=1S/C25H19ClFN3O/c26-19-10-3-2-9-18(19)24-23-14-7-15-29(23)22-13-6-1-8-17(22)16-30(24)25(31)28-21-12-5-4-11-20(21)27/h1-15,24H,16H2,(H,28,31)/t24-/m0/s1. The van der Waals surface area contributed by atoms with Gasteiger partial charge in [-0.25, -0.2) is 9.18 Å². The molecule has 5 rings (SSSR count). The van der Waals surface area contributed by atoms with Gasteiger partial charge in [0.15, 0.2) is 0 Å². The van der Waals surface area contributed by atoms with Crippen LogP contribution in [0.4, 0.5) is 14.9 Å². The van der Waals surface area contributed by atoms with Crippen molar-refractivity contribution in [2.24, 2.45) is 0 Å². The van der Waals surface area contributed by atoms with Gasteiger partial charge in [-0.2, -0.15) is 0 Å². The van der Waals surface area contributed by atoms with Crippen molar-refractivity contribution >= 4 is 23.3 Å². The molecule has 1 atom stereocenters. The van der Waals surface area contributed by atoms with E-state index in [0.29, 0.717) is 11.6 Å². The number of nitrogens with zero attached hydrogens (tertiary/aromatic N) is 2. The highest BCUT2D eigenvalue weighted by molar-refractivity contribution is 6.31. The second-order valence-electron chi connectivity index (χ2n) is 7.39. The molecule has 154 valence electrons. The lowest BCUT2D eigenvalue weighted by molar-refractivity contribution is 0.194. The summed E-state index contributed by atoms with van der Waals surface area (Å²) in [7, 11) is 0. The topological polar surface area (TPSA) is 37.3 Å². The lowest BCUT2D eigenvalue weighted by Gasteiger charge is -2.31. The summed E-state index contributed by atoms with van der Waals surface area (Å²) in [6, 6.07) is 24.7. The van der Waals surface area contributed by atoms with Gasteiger partial charge >= 0.3 is 6.03 Å². The van der Waals surface area contributed by atoms with E-state index in [-0.39, 0.29) is 5.69 Å². The summed E-state index contributed by atoms with van der Waals surface area (Å²) in [5.41, 5.74) is 3.83. The third-order valence-electron chi connectivity index (χ3n) is 5.54. The average Bonchev–Trinajstić information content (AvgIpc) is 3.21. The molecule has 2 heterocycles. The molecule has 0 unspecified atom stereocenters. The minimum Gasteiger partial charge on any atom is -0.318 e. The molecule has 4 nitrogen and oxygen atoms in total. The molecule has 0 saturated heterocycles. The number of aromatic nitrogens is 1. The highest BCUT2D eigenvalue weighted by Crippen LogP contribution is 2.39. The number of benzene rings is 3. The van der Waals surface area contributed by atoms with Gasteiger partial charge in [0.2, 0.25) is 0 Å². The molecule has 4 aromatic rings. The van der Waals surface area contributed by atoms with Crippen LogP contribution in [0.1, 0.15) is 22.9 Å². The number of carbonyl (C=O) groups excluding carboxylic acids is 1. The summed E-state index contributed by atoms with van der Waals surface area (Å²) in [6.45, 7) is 0.341. The van der Waals surface area contributed by atoms with Crippen molar-refractivity contribution in [1.82, 2.24) is 9.47 Å². The Morgan fingerprint density at radius 3 is 2.52 bits per heavy atom. The van der Waals surface area contributed by atoms with Crippen molar-refractivity contribution in [2.75, 3.05) is 5.32 Å². The van der Waals surface area contributed by atoms with Crippen molar-refractivity contribution < 1.29 is 9.18 Å². The van der Waals surface area contributed by atoms with Gasteiger partial charge in [0, 0.05) is 11.2 Å². The van der Waals surface area contributed by atoms with E-state index in [4.69, 9.17) is 11.6 Å². The van der Waals surface area contributed by atoms with Crippen LogP contribution in [-0.4, -0.2) is 15.5 Å². The number of anilines is 1. The van der Waals surface area contributed by atoms with Crippen molar-refractivity contribution in [3.63, 3.8) is 0 Å². The molecule has 3 aromatic carbocycles. The highest BCUT2D eigenvalue weighted by atomic mass is 35.5. The molecule has 6 heteroatoms. The van der Waals surface area contributed by atoms with Crippen molar-refractivity contribution in [2.45, 2.75) is 12.6 Å². The lowest BCUT2D eigenvalue weighted by Crippen LogP contribution is -2.38. The number of hydrogen-bond donors (Lipinski definition) is 1. The largest absolute Gasteiger partial charge is 0.323 e. The van der Waals surface area contributed by atoms with E-state index >= 15 is 0 Å². The second kappa shape index (κ2) is 7.93. The quantitative estimate of drug-likeness (QED) is 0.391. The molecule has 31 heavy (non-hydrogen) atoms. The van der Waals surface area contributed by atoms with Gasteiger partial charge in [-0.15, -0.1) is 0 Å². The first-order valence-corrected chi connectivity index (χ1v) is 10.3. The monoisotopic (exact) mass is 431 g/mol. The number of hydrogen-bond acceptors (Lipinski definition) is 1. The average molecular weight is 432 g/mol. The number of amides is 2. The van der Waals surface area contributed by atoms with E-state index in [1.54, 1.807) is 23.1 Å². The van der Waals surface area contributed by atoms with Gasteiger partial charge in [0.05, 0.1) is 23.6 Å². The fourth-order valence-electron chi connectivity index (χ4n) is 4.11. The number of halogens is 2. The van der Waals surface area contributed by atoms with E-state index in [1.165, 1.54) is 6.07 Å². The molecule has 0 radical (unpaired) electrons. The predicted molar refractivity (Wildman–Crippen MR) is 120 cm³/mol. The second-order valence-corrected chi connectivity index (χ2v) is 7.80. The van der Waals surface area contributed by atoms with E-state index in [9.17, 15) is 9.18 Å². The van der Waals surface area contributed by atoms with Gasteiger partial charge in [-0.05, 0) is 47.5 Å². The molecule has 1 aliphatic heterocycles. The zero-order valence-electron chi connectivity index (χ0n) is 16.5. The first kappa shape index (κ1) is 19.4. The van der Waals surface area contributed by atoms with Crippen LogP contribution in [0.25, 0.3) is 5.69 Å². The highest BCUT2D eigenvalue weighted by Gasteiger charge is 2.34. The maximum Gasteiger partial charge on any atom is 0.323 e. The smallest absolute Gasteiger partial charge is 0.318 e. The molecule has 1 aromatic heterocycles. The minimum absolute atomic E-state index is 0.137. The van der Waals surface area contributed by atoms with E-state index < -0.39 is 17.9 Å². The summed E-state index contributed by atoms with van der Waals surface area (Å²) in [6.07, 6.45) is 1.98. The van der Waals surface area contributed by atoms with Crippen LogP contribution >= 0.6 is 11.6 Å². The maximum absolute atomic E-state index is 14.3. The molecule has 1 aliphatic rings. The Morgan fingerprint density at radius 1 is 0.935 bits per heavy atom. The summed E-state index contributed by atoms with van der Waals surface area (Å²) in [4.78, 5) is 15.2. The van der Waals surface area contributed by atoms with Crippen LogP contribution in [0.3, 0.4) is 0 Å². The normalized spacial score (nSPS) is 15.0. The molecule has 0 bridgehead atoms.